The smallest absolute Gasteiger partial charge is 0.151 e. The number of rotatable bonds is 2. The van der Waals surface area contributed by atoms with Gasteiger partial charge in [0.25, 0.3) is 0 Å². The summed E-state index contributed by atoms with van der Waals surface area (Å²) in [6, 6.07) is 9.82. The number of nitrogens with zero attached hydrogens (tertiary/aromatic N) is 2. The summed E-state index contributed by atoms with van der Waals surface area (Å²) in [5, 5.41) is 20.4. The first-order valence-electron chi connectivity index (χ1n) is 5.51. The van der Waals surface area contributed by atoms with Gasteiger partial charge in [-0.15, -0.1) is 0 Å². The third-order valence-corrected chi connectivity index (χ3v) is 2.63. The summed E-state index contributed by atoms with van der Waals surface area (Å²) >= 11 is 0. The molecule has 0 aliphatic rings. The summed E-state index contributed by atoms with van der Waals surface area (Å²) in [5.41, 5.74) is 6.11. The molecule has 0 atom stereocenters. The topological polar surface area (TPSA) is 85.6 Å². The lowest BCUT2D eigenvalue weighted by molar-refractivity contribution is 0.587. The second-order valence-electron chi connectivity index (χ2n) is 3.96. The van der Waals surface area contributed by atoms with Gasteiger partial charge in [0.05, 0.1) is 22.5 Å². The van der Waals surface area contributed by atoms with E-state index in [2.05, 4.69) is 5.32 Å². The normalized spacial score (nSPS) is 9.60. The van der Waals surface area contributed by atoms with Crippen LogP contribution in [0.4, 0.5) is 25.8 Å². The second-order valence-corrected chi connectivity index (χ2v) is 3.96. The van der Waals surface area contributed by atoms with Gasteiger partial charge >= 0.3 is 0 Å². The molecule has 98 valence electrons. The quantitative estimate of drug-likeness (QED) is 0.821. The Morgan fingerprint density at radius 1 is 1.00 bits per heavy atom. The van der Waals surface area contributed by atoms with Crippen molar-refractivity contribution in [2.45, 2.75) is 0 Å². The van der Waals surface area contributed by atoms with E-state index < -0.39 is 11.6 Å². The number of nitrogens with one attached hydrogen (secondary N) is 1. The van der Waals surface area contributed by atoms with E-state index in [9.17, 15) is 8.78 Å². The summed E-state index contributed by atoms with van der Waals surface area (Å²) in [6.07, 6.45) is 0. The van der Waals surface area contributed by atoms with Crippen LogP contribution in [0.25, 0.3) is 0 Å². The zero-order valence-electron chi connectivity index (χ0n) is 10.1. The monoisotopic (exact) mass is 270 g/mol. The minimum Gasteiger partial charge on any atom is -0.395 e. The van der Waals surface area contributed by atoms with Crippen LogP contribution in [-0.2, 0) is 0 Å². The number of nitrogens with two attached hydrogens (primary N) is 1. The zero-order chi connectivity index (χ0) is 14.7. The maximum Gasteiger partial charge on any atom is 0.151 e. The van der Waals surface area contributed by atoms with Crippen LogP contribution < -0.4 is 11.1 Å². The molecular weight excluding hydrogens is 262 g/mol. The summed E-state index contributed by atoms with van der Waals surface area (Å²) < 4.78 is 26.5. The minimum absolute atomic E-state index is 0.0519. The Morgan fingerprint density at radius 2 is 1.70 bits per heavy atom. The number of hydrogen-bond acceptors (Lipinski definition) is 4. The first kappa shape index (κ1) is 13.3. The van der Waals surface area contributed by atoms with Gasteiger partial charge in [-0.1, -0.05) is 0 Å². The van der Waals surface area contributed by atoms with Crippen molar-refractivity contribution in [2.75, 3.05) is 11.1 Å². The first-order chi connectivity index (χ1) is 9.55. The molecule has 0 saturated heterocycles. The van der Waals surface area contributed by atoms with E-state index in [1.807, 2.05) is 12.1 Å². The van der Waals surface area contributed by atoms with Crippen molar-refractivity contribution in [3.63, 3.8) is 0 Å². The number of nitriles is 2. The number of halogens is 2. The Bertz CT molecular complexity index is 757. The molecule has 0 saturated carbocycles. The van der Waals surface area contributed by atoms with Crippen LogP contribution in [0, 0.1) is 34.3 Å². The van der Waals surface area contributed by atoms with E-state index in [-0.39, 0.29) is 22.5 Å². The summed E-state index contributed by atoms with van der Waals surface area (Å²) in [4.78, 5) is 0. The minimum atomic E-state index is -0.873. The van der Waals surface area contributed by atoms with E-state index >= 15 is 0 Å². The van der Waals surface area contributed by atoms with E-state index in [4.69, 9.17) is 16.3 Å². The van der Waals surface area contributed by atoms with Crippen LogP contribution in [0.3, 0.4) is 0 Å². The predicted octanol–water partition coefficient (Wildman–Crippen LogP) is 3.03. The third kappa shape index (κ3) is 2.50. The highest BCUT2D eigenvalue weighted by Crippen LogP contribution is 2.27. The largest absolute Gasteiger partial charge is 0.395 e. The fourth-order valence-electron chi connectivity index (χ4n) is 1.66. The van der Waals surface area contributed by atoms with Crippen molar-refractivity contribution in [1.29, 1.82) is 10.5 Å². The molecule has 0 aliphatic heterocycles. The van der Waals surface area contributed by atoms with Crippen molar-refractivity contribution in [2.24, 2.45) is 0 Å². The van der Waals surface area contributed by atoms with Gasteiger partial charge < -0.3 is 11.1 Å². The highest BCUT2D eigenvalue weighted by molar-refractivity contribution is 5.74. The molecule has 0 amide bonds. The van der Waals surface area contributed by atoms with Gasteiger partial charge in [-0.05, 0) is 24.3 Å². The molecule has 0 spiro atoms. The Hall–Kier alpha value is -3.12. The van der Waals surface area contributed by atoms with Crippen molar-refractivity contribution in [1.82, 2.24) is 0 Å². The van der Waals surface area contributed by atoms with Crippen LogP contribution in [0.1, 0.15) is 11.1 Å². The molecule has 0 aliphatic carbocycles. The SMILES string of the molecule is N#Cc1ccc(Nc2cc(F)cc(F)c2N)cc1C#N. The van der Waals surface area contributed by atoms with Gasteiger partial charge in [0, 0.05) is 11.8 Å². The number of hydrogen-bond donors (Lipinski definition) is 2. The van der Waals surface area contributed by atoms with Crippen molar-refractivity contribution < 1.29 is 8.78 Å². The first-order valence-corrected chi connectivity index (χ1v) is 5.51. The van der Waals surface area contributed by atoms with Crippen LogP contribution in [0.2, 0.25) is 0 Å². The second kappa shape index (κ2) is 5.25. The molecule has 0 unspecified atom stereocenters. The molecule has 0 aromatic heterocycles. The molecule has 20 heavy (non-hydrogen) atoms. The predicted molar refractivity (Wildman–Crippen MR) is 69.9 cm³/mol. The Labute approximate surface area is 113 Å². The summed E-state index contributed by atoms with van der Waals surface area (Å²) in [5.74, 6) is -1.64. The van der Waals surface area contributed by atoms with Gasteiger partial charge in [0.1, 0.15) is 18.0 Å². The number of benzene rings is 2. The van der Waals surface area contributed by atoms with Crippen LogP contribution in [-0.4, -0.2) is 0 Å². The lowest BCUT2D eigenvalue weighted by atomic mass is 10.1. The molecule has 2 aromatic rings. The molecule has 0 bridgehead atoms. The van der Waals surface area contributed by atoms with Crippen molar-refractivity contribution >= 4 is 17.1 Å². The van der Waals surface area contributed by atoms with Gasteiger partial charge in [-0.3, -0.25) is 0 Å². The molecular formula is C14H8F2N4. The summed E-state index contributed by atoms with van der Waals surface area (Å²) in [6.45, 7) is 0. The fraction of sp³-hybridized carbons (Fsp3) is 0. The standard InChI is InChI=1S/C14H8F2N4/c15-10-4-12(16)14(19)13(5-10)20-11-2-1-8(6-17)9(3-11)7-18/h1-5,20H,19H2. The van der Waals surface area contributed by atoms with Gasteiger partial charge in [0.2, 0.25) is 0 Å². The molecule has 0 radical (unpaired) electrons. The van der Waals surface area contributed by atoms with Gasteiger partial charge in [0.15, 0.2) is 5.82 Å². The average Bonchev–Trinajstić information content (AvgIpc) is 2.44. The van der Waals surface area contributed by atoms with E-state index in [0.717, 1.165) is 6.07 Å². The molecule has 2 aromatic carbocycles. The highest BCUT2D eigenvalue weighted by atomic mass is 19.1. The lowest BCUT2D eigenvalue weighted by Gasteiger charge is -2.10. The maximum absolute atomic E-state index is 13.3. The molecule has 2 rings (SSSR count). The van der Waals surface area contributed by atoms with Crippen molar-refractivity contribution in [3.05, 3.63) is 53.1 Å². The molecule has 0 fully saturated rings. The van der Waals surface area contributed by atoms with Crippen LogP contribution in [0.15, 0.2) is 30.3 Å². The molecule has 3 N–H and O–H groups in total. The average molecular weight is 270 g/mol. The van der Waals surface area contributed by atoms with Gasteiger partial charge in [-0.2, -0.15) is 10.5 Å². The molecule has 6 heteroatoms. The molecule has 0 heterocycles. The number of anilines is 3. The number of nitrogen functional groups attached to an aromatic ring is 1. The van der Waals surface area contributed by atoms with Gasteiger partial charge in [-0.25, -0.2) is 8.78 Å². The van der Waals surface area contributed by atoms with E-state index in [1.54, 1.807) is 0 Å². The van der Waals surface area contributed by atoms with E-state index in [0.29, 0.717) is 11.8 Å². The maximum atomic E-state index is 13.3. The highest BCUT2D eigenvalue weighted by Gasteiger charge is 2.09. The van der Waals surface area contributed by atoms with E-state index in [1.165, 1.54) is 18.2 Å². The molecule has 4 nitrogen and oxygen atoms in total. The zero-order valence-corrected chi connectivity index (χ0v) is 10.1. The van der Waals surface area contributed by atoms with Crippen LogP contribution in [0.5, 0.6) is 0 Å². The Morgan fingerprint density at radius 3 is 2.35 bits per heavy atom. The summed E-state index contributed by atoms with van der Waals surface area (Å²) in [7, 11) is 0. The van der Waals surface area contributed by atoms with Crippen LogP contribution >= 0.6 is 0 Å². The lowest BCUT2D eigenvalue weighted by Crippen LogP contribution is -2.00. The fourth-order valence-corrected chi connectivity index (χ4v) is 1.66. The Kier molecular flexibility index (Phi) is 3.49. The van der Waals surface area contributed by atoms with Crippen molar-refractivity contribution in [3.8, 4) is 12.1 Å². The Balaban J connectivity index is 2.41. The third-order valence-electron chi connectivity index (χ3n) is 2.63.